The number of unbranched alkanes of at least 4 members (excludes halogenated alkanes) is 2. The monoisotopic (exact) mass is 399 g/mol. The van der Waals surface area contributed by atoms with Crippen molar-refractivity contribution in [2.45, 2.75) is 38.5 Å². The Morgan fingerprint density at radius 1 is 0.667 bits per heavy atom. The van der Waals surface area contributed by atoms with Gasteiger partial charge in [0.25, 0.3) is 0 Å². The van der Waals surface area contributed by atoms with Gasteiger partial charge in [0.05, 0.1) is 5.85 Å². The van der Waals surface area contributed by atoms with Gasteiger partial charge in [-0.3, -0.25) is 0 Å². The van der Waals surface area contributed by atoms with E-state index < -0.39 is 7.26 Å². The summed E-state index contributed by atoms with van der Waals surface area (Å²) in [6, 6.07) is 31.9. The van der Waals surface area contributed by atoms with Gasteiger partial charge in [-0.05, 0) is 29.6 Å². The van der Waals surface area contributed by atoms with Crippen molar-refractivity contribution in [1.82, 2.24) is 0 Å². The Hall–Kier alpha value is -1.66. The zero-order valence-electron chi connectivity index (χ0n) is 15.9. The molecule has 1 nitrogen and oxygen atoms in total. The summed E-state index contributed by atoms with van der Waals surface area (Å²) in [5.41, 5.74) is 0. The Balaban J connectivity index is 0.00000261. The van der Waals surface area contributed by atoms with Gasteiger partial charge in [-0.1, -0.05) is 117 Å². The number of aliphatic hydroxyl groups excluding tert-OH is 1. The van der Waals surface area contributed by atoms with Crippen LogP contribution in [0.5, 0.6) is 0 Å². The lowest BCUT2D eigenvalue weighted by Crippen LogP contribution is -2.38. The molecule has 0 saturated carbocycles. The fourth-order valence-corrected chi connectivity index (χ4v) is 8.15. The molecule has 0 spiro atoms. The molecule has 0 heterocycles. The minimum absolute atomic E-state index is 0. The topological polar surface area (TPSA) is 20.2 Å². The number of benzene rings is 3. The van der Waals surface area contributed by atoms with E-state index in [1.54, 1.807) is 0 Å². The molecule has 0 aliphatic rings. The SMILES string of the molecule is CCCCCC(O)[P](c1ccccc1)(c1ccccc1)c1ccccc1.Cl. The lowest BCUT2D eigenvalue weighted by Gasteiger charge is -2.42. The predicted molar refractivity (Wildman–Crippen MR) is 123 cm³/mol. The summed E-state index contributed by atoms with van der Waals surface area (Å²) >= 11 is 0. The number of aliphatic hydroxyl groups is 1. The van der Waals surface area contributed by atoms with E-state index in [4.69, 9.17) is 0 Å². The Labute approximate surface area is 170 Å². The highest BCUT2D eigenvalue weighted by Crippen LogP contribution is 2.60. The van der Waals surface area contributed by atoms with Crippen molar-refractivity contribution in [1.29, 1.82) is 0 Å². The molecule has 0 fully saturated rings. The van der Waals surface area contributed by atoms with Crippen molar-refractivity contribution in [2.75, 3.05) is 0 Å². The first-order chi connectivity index (χ1) is 12.8. The normalized spacial score (nSPS) is 12.2. The molecule has 0 saturated heterocycles. The van der Waals surface area contributed by atoms with E-state index in [1.807, 2.05) is 0 Å². The Bertz CT molecular complexity index is 681. The first-order valence-electron chi connectivity index (χ1n) is 9.53. The third kappa shape index (κ3) is 4.61. The highest BCUT2D eigenvalue weighted by Gasteiger charge is 2.40. The third-order valence-electron chi connectivity index (χ3n) is 5.00. The van der Waals surface area contributed by atoms with E-state index in [2.05, 4.69) is 97.9 Å². The molecule has 1 N–H and O–H groups in total. The quantitative estimate of drug-likeness (QED) is 0.402. The van der Waals surface area contributed by atoms with Crippen molar-refractivity contribution in [3.05, 3.63) is 91.0 Å². The second-order valence-electron chi connectivity index (χ2n) is 6.71. The predicted octanol–water partition coefficient (Wildman–Crippen LogP) is 5.30. The molecule has 3 aromatic rings. The van der Waals surface area contributed by atoms with Crippen molar-refractivity contribution in [3.8, 4) is 0 Å². The summed E-state index contributed by atoms with van der Waals surface area (Å²) in [4.78, 5) is 0. The lowest BCUT2D eigenvalue weighted by molar-refractivity contribution is 0.242. The molecule has 1 radical (unpaired) electrons. The largest absolute Gasteiger partial charge is 0.388 e. The van der Waals surface area contributed by atoms with Crippen LogP contribution in [0.4, 0.5) is 0 Å². The zero-order chi connectivity index (χ0) is 18.2. The molecule has 1 unspecified atom stereocenters. The highest BCUT2D eigenvalue weighted by atomic mass is 35.5. The van der Waals surface area contributed by atoms with Crippen LogP contribution < -0.4 is 15.9 Å². The standard InChI is InChI=1S/C24H28OP.ClH/c1-2-3-7-20-24(25)26(21-14-8-4-9-15-21,22-16-10-5-11-17-22)23-18-12-6-13-19-23;/h4-6,8-19,24-25H,2-3,7,20H2,1H3;1H. The molecule has 3 aromatic carbocycles. The van der Waals surface area contributed by atoms with Crippen LogP contribution in [-0.4, -0.2) is 11.0 Å². The van der Waals surface area contributed by atoms with Crippen LogP contribution in [0.3, 0.4) is 0 Å². The van der Waals surface area contributed by atoms with Crippen LogP contribution in [0.2, 0.25) is 0 Å². The average molecular weight is 400 g/mol. The van der Waals surface area contributed by atoms with Crippen LogP contribution in [0.1, 0.15) is 32.6 Å². The first-order valence-corrected chi connectivity index (χ1v) is 11.4. The van der Waals surface area contributed by atoms with Crippen LogP contribution in [-0.2, 0) is 0 Å². The van der Waals surface area contributed by atoms with E-state index >= 15 is 0 Å². The van der Waals surface area contributed by atoms with Crippen LogP contribution in [0.15, 0.2) is 91.0 Å². The molecule has 0 aromatic heterocycles. The molecular weight excluding hydrogens is 371 g/mol. The smallest absolute Gasteiger partial charge is 0.0812 e. The second kappa shape index (κ2) is 10.6. The molecule has 0 bridgehead atoms. The van der Waals surface area contributed by atoms with Gasteiger partial charge in [-0.15, -0.1) is 12.4 Å². The summed E-state index contributed by atoms with van der Waals surface area (Å²) in [6.45, 7) is 2.21. The second-order valence-corrected chi connectivity index (χ2v) is 10.3. The summed E-state index contributed by atoms with van der Waals surface area (Å²) in [5, 5.41) is 15.3. The minimum Gasteiger partial charge on any atom is -0.388 e. The Morgan fingerprint density at radius 2 is 1.04 bits per heavy atom. The number of hydrogen-bond donors (Lipinski definition) is 1. The van der Waals surface area contributed by atoms with Gasteiger partial charge < -0.3 is 5.11 Å². The molecule has 0 aliphatic heterocycles. The van der Waals surface area contributed by atoms with Gasteiger partial charge >= 0.3 is 0 Å². The van der Waals surface area contributed by atoms with Crippen LogP contribution >= 0.6 is 19.7 Å². The van der Waals surface area contributed by atoms with E-state index in [1.165, 1.54) is 22.3 Å². The fraction of sp³-hybridized carbons (Fsp3) is 0.250. The fourth-order valence-electron chi connectivity index (χ4n) is 3.72. The molecule has 3 heteroatoms. The van der Waals surface area contributed by atoms with Crippen molar-refractivity contribution in [2.24, 2.45) is 0 Å². The van der Waals surface area contributed by atoms with Gasteiger partial charge in [0.1, 0.15) is 0 Å². The number of rotatable bonds is 8. The van der Waals surface area contributed by atoms with E-state index in [0.717, 1.165) is 19.3 Å². The van der Waals surface area contributed by atoms with E-state index in [0.29, 0.717) is 0 Å². The summed E-state index contributed by atoms with van der Waals surface area (Å²) in [6.07, 6.45) is 4.22. The molecule has 0 aliphatic carbocycles. The maximum absolute atomic E-state index is 11.6. The number of hydrogen-bond acceptors (Lipinski definition) is 1. The first kappa shape index (κ1) is 21.6. The molecule has 143 valence electrons. The van der Waals surface area contributed by atoms with Crippen LogP contribution in [0, 0.1) is 0 Å². The minimum atomic E-state index is -2.13. The van der Waals surface area contributed by atoms with Gasteiger partial charge in [0.2, 0.25) is 0 Å². The highest BCUT2D eigenvalue weighted by molar-refractivity contribution is 7.96. The van der Waals surface area contributed by atoms with Gasteiger partial charge in [-0.25, -0.2) is 0 Å². The van der Waals surface area contributed by atoms with Crippen molar-refractivity contribution in [3.63, 3.8) is 0 Å². The maximum atomic E-state index is 11.6. The maximum Gasteiger partial charge on any atom is 0.0812 e. The van der Waals surface area contributed by atoms with Gasteiger partial charge in [0.15, 0.2) is 0 Å². The third-order valence-corrected chi connectivity index (χ3v) is 9.49. The molecule has 1 atom stereocenters. The molecule has 3 rings (SSSR count). The van der Waals surface area contributed by atoms with Crippen LogP contribution in [0.25, 0.3) is 0 Å². The molecule has 0 amide bonds. The Morgan fingerprint density at radius 3 is 1.37 bits per heavy atom. The Kier molecular flexibility index (Phi) is 8.51. The van der Waals surface area contributed by atoms with Gasteiger partial charge in [-0.2, -0.15) is 0 Å². The zero-order valence-corrected chi connectivity index (χ0v) is 17.6. The lowest BCUT2D eigenvalue weighted by atomic mass is 10.2. The van der Waals surface area contributed by atoms with Crippen molar-refractivity contribution >= 4 is 35.6 Å². The summed E-state index contributed by atoms with van der Waals surface area (Å²) in [7, 11) is -2.13. The number of halogens is 1. The van der Waals surface area contributed by atoms with E-state index in [9.17, 15) is 5.11 Å². The molecular formula is C24H29ClOP. The molecule has 27 heavy (non-hydrogen) atoms. The summed E-state index contributed by atoms with van der Waals surface area (Å²) < 4.78 is 0. The van der Waals surface area contributed by atoms with E-state index in [-0.39, 0.29) is 18.3 Å². The van der Waals surface area contributed by atoms with Gasteiger partial charge in [0, 0.05) is 0 Å². The average Bonchev–Trinajstić information content (AvgIpc) is 2.71. The van der Waals surface area contributed by atoms with Crippen molar-refractivity contribution < 1.29 is 5.11 Å². The summed E-state index contributed by atoms with van der Waals surface area (Å²) in [5.74, 6) is -0.374.